The predicted molar refractivity (Wildman–Crippen MR) is 115 cm³/mol. The Labute approximate surface area is 189 Å². The Morgan fingerprint density at radius 1 is 0.970 bits per heavy atom. The highest BCUT2D eigenvalue weighted by molar-refractivity contribution is 6.28. The van der Waals surface area contributed by atoms with Crippen LogP contribution in [0.4, 0.5) is 26.1 Å². The van der Waals surface area contributed by atoms with Gasteiger partial charge in [-0.25, -0.2) is 19.9 Å². The smallest absolute Gasteiger partial charge is 0.388 e. The molecular weight excluding hydrogens is 434 g/mol. The van der Waals surface area contributed by atoms with E-state index in [2.05, 4.69) is 30.3 Å². The van der Waals surface area contributed by atoms with Gasteiger partial charge in [0.2, 0.25) is 17.7 Å². The van der Waals surface area contributed by atoms with Crippen molar-refractivity contribution in [1.82, 2.24) is 15.0 Å². The van der Waals surface area contributed by atoms with Crippen molar-refractivity contribution in [2.45, 2.75) is 58.2 Å². The highest BCUT2D eigenvalue weighted by atomic mass is 19.3. The lowest BCUT2D eigenvalue weighted by Gasteiger charge is -2.19. The summed E-state index contributed by atoms with van der Waals surface area (Å²) >= 11 is 0. The normalized spacial score (nSPS) is 30.5. The molecule has 0 spiro atoms. The molecule has 174 valence electrons. The Bertz CT molecular complexity index is 1060. The average Bonchev–Trinajstić information content (AvgIpc) is 3.06. The van der Waals surface area contributed by atoms with E-state index in [-0.39, 0.29) is 29.8 Å². The van der Waals surface area contributed by atoms with Crippen molar-refractivity contribution in [3.05, 3.63) is 30.7 Å². The van der Waals surface area contributed by atoms with Gasteiger partial charge in [-0.05, 0) is 51.7 Å². The maximum absolute atomic E-state index is 12.7. The Morgan fingerprint density at radius 3 is 2.15 bits per heavy atom. The summed E-state index contributed by atoms with van der Waals surface area (Å²) < 4.78 is 28.6. The lowest BCUT2D eigenvalue weighted by atomic mass is 10.00. The van der Waals surface area contributed by atoms with Gasteiger partial charge < -0.3 is 15.4 Å². The monoisotopic (exact) mass is 458 g/mol. The van der Waals surface area contributed by atoms with Gasteiger partial charge in [-0.15, -0.1) is 0 Å². The summed E-state index contributed by atoms with van der Waals surface area (Å²) in [7, 11) is 0. The van der Waals surface area contributed by atoms with E-state index in [1.54, 1.807) is 18.3 Å². The molecule has 2 amide bonds. The number of nitrogens with zero attached hydrogens (tertiary/aromatic N) is 4. The predicted octanol–water partition coefficient (Wildman–Crippen LogP) is 3.21. The summed E-state index contributed by atoms with van der Waals surface area (Å²) in [5.74, 6) is 0.622. The first kappa shape index (κ1) is 21.5. The van der Waals surface area contributed by atoms with Crippen LogP contribution >= 0.6 is 0 Å². The second-order valence-electron chi connectivity index (χ2n) is 9.30. The van der Waals surface area contributed by atoms with Crippen LogP contribution in [0.25, 0.3) is 0 Å². The number of halogens is 2. The molecule has 2 N–H and O–H groups in total. The number of carbonyl (C=O) groups excluding carboxylic acids is 2. The average molecular weight is 458 g/mol. The van der Waals surface area contributed by atoms with Gasteiger partial charge in [0, 0.05) is 12.1 Å². The van der Waals surface area contributed by atoms with Gasteiger partial charge >= 0.3 is 6.61 Å². The Hall–Kier alpha value is -3.37. The zero-order chi connectivity index (χ0) is 23.4. The van der Waals surface area contributed by atoms with E-state index in [4.69, 9.17) is 0 Å². The van der Waals surface area contributed by atoms with Crippen LogP contribution in [-0.4, -0.2) is 45.5 Å². The van der Waals surface area contributed by atoms with Crippen LogP contribution < -0.4 is 20.3 Å². The first-order valence-electron chi connectivity index (χ1n) is 10.8. The Kier molecular flexibility index (Phi) is 4.95. The van der Waals surface area contributed by atoms with Crippen molar-refractivity contribution in [2.75, 3.05) is 15.5 Å². The third-order valence-corrected chi connectivity index (χ3v) is 7.13. The summed E-state index contributed by atoms with van der Waals surface area (Å²) in [4.78, 5) is 38.9. The first-order valence-corrected chi connectivity index (χ1v) is 10.8. The topological polar surface area (TPSA) is 109 Å². The minimum absolute atomic E-state index is 0.144. The van der Waals surface area contributed by atoms with Crippen molar-refractivity contribution < 1.29 is 23.1 Å². The molecule has 0 bridgehead atoms. The molecule has 4 atom stereocenters. The number of aromatic nitrogens is 3. The number of rotatable bonds is 7. The Morgan fingerprint density at radius 2 is 1.61 bits per heavy atom. The van der Waals surface area contributed by atoms with E-state index in [1.807, 2.05) is 13.8 Å². The molecular formula is C22H24F2N6O3. The first-order chi connectivity index (χ1) is 15.7. The quantitative estimate of drug-likeness (QED) is 0.609. The Balaban J connectivity index is 1.15. The summed E-state index contributed by atoms with van der Waals surface area (Å²) in [6.45, 7) is 0.757. The minimum Gasteiger partial charge on any atom is -0.415 e. The van der Waals surface area contributed by atoms with Gasteiger partial charge in [-0.1, -0.05) is 0 Å². The van der Waals surface area contributed by atoms with Gasteiger partial charge in [-0.3, -0.25) is 9.59 Å². The maximum atomic E-state index is 12.7. The molecule has 2 aliphatic carbocycles. The lowest BCUT2D eigenvalue weighted by molar-refractivity contribution is -0.125. The van der Waals surface area contributed by atoms with Crippen molar-refractivity contribution in [3.63, 3.8) is 0 Å². The van der Waals surface area contributed by atoms with E-state index >= 15 is 0 Å². The molecule has 5 rings (SSSR count). The summed E-state index contributed by atoms with van der Waals surface area (Å²) in [5.41, 5.74) is -0.685. The number of nitrogens with one attached hydrogen (secondary N) is 2. The van der Waals surface area contributed by atoms with E-state index in [1.165, 1.54) is 11.1 Å². The van der Waals surface area contributed by atoms with Crippen molar-refractivity contribution in [1.29, 1.82) is 0 Å². The van der Waals surface area contributed by atoms with Crippen LogP contribution in [0, 0.1) is 10.8 Å². The largest absolute Gasteiger partial charge is 0.415 e. The van der Waals surface area contributed by atoms with E-state index in [0.717, 1.165) is 25.5 Å². The molecule has 1 saturated heterocycles. The fourth-order valence-corrected chi connectivity index (χ4v) is 4.91. The number of anilines is 3. The number of carbonyl (C=O) groups is 2. The summed E-state index contributed by atoms with van der Waals surface area (Å²) in [5, 5.41) is 6.63. The van der Waals surface area contributed by atoms with Crippen LogP contribution in [0.1, 0.15) is 39.5 Å². The summed E-state index contributed by atoms with van der Waals surface area (Å²) in [6.07, 6.45) is 7.28. The lowest BCUT2D eigenvalue weighted by Crippen LogP contribution is -2.35. The molecule has 2 saturated carbocycles. The molecule has 3 fully saturated rings. The highest BCUT2D eigenvalue weighted by Crippen LogP contribution is 2.69. The summed E-state index contributed by atoms with van der Waals surface area (Å²) in [6, 6.07) is 3.84. The molecule has 11 heteroatoms. The van der Waals surface area contributed by atoms with Gasteiger partial charge in [-0.2, -0.15) is 8.78 Å². The molecule has 1 aliphatic heterocycles. The third kappa shape index (κ3) is 3.65. The number of imide groups is 1. The van der Waals surface area contributed by atoms with E-state index in [0.29, 0.717) is 23.7 Å². The number of ether oxygens (including phenoxy) is 1. The fraction of sp³-hybridized carbons (Fsp3) is 0.500. The second kappa shape index (κ2) is 7.60. The van der Waals surface area contributed by atoms with Crippen molar-refractivity contribution >= 4 is 29.1 Å². The molecule has 2 aromatic rings. The van der Waals surface area contributed by atoms with Gasteiger partial charge in [0.15, 0.2) is 0 Å². The number of fused-ring (bicyclic) bond motifs is 1. The number of hydrogen-bond donors (Lipinski definition) is 2. The van der Waals surface area contributed by atoms with Crippen LogP contribution in [0.15, 0.2) is 30.7 Å². The van der Waals surface area contributed by atoms with Crippen molar-refractivity contribution in [2.24, 2.45) is 10.8 Å². The standard InChI is InChI=1S/C22H24F2N6O3/c1-21-11-22(21,2)19(32)30(18(21)31)14-5-6-15(25-8-14)28-12-3-4-13(7-12)29-16-9-27-17(10-26-16)33-20(23)24/h5-6,8-10,12-13,20H,3-4,7,11H2,1-2H3,(H,25,28)(H,26,29)/t12-,13-,21-,22+/m0/s1. The van der Waals surface area contributed by atoms with Crippen LogP contribution in [0.5, 0.6) is 5.88 Å². The minimum atomic E-state index is -2.93. The SMILES string of the molecule is C[C@@]12C[C@]1(C)C(=O)N(c1ccc(N[C@H]3CC[C@H](Nc4cnc(OC(F)F)cn4)C3)nc1)C2=O. The highest BCUT2D eigenvalue weighted by Gasteiger charge is 2.77. The fourth-order valence-electron chi connectivity index (χ4n) is 4.91. The van der Waals surface area contributed by atoms with E-state index < -0.39 is 17.4 Å². The molecule has 9 nitrogen and oxygen atoms in total. The molecule has 0 unspecified atom stereocenters. The molecule has 3 heterocycles. The number of hydrogen-bond acceptors (Lipinski definition) is 8. The number of piperidine rings is 1. The van der Waals surface area contributed by atoms with Gasteiger partial charge in [0.1, 0.15) is 11.6 Å². The zero-order valence-electron chi connectivity index (χ0n) is 18.2. The maximum Gasteiger partial charge on any atom is 0.388 e. The van der Waals surface area contributed by atoms with Crippen LogP contribution in [-0.2, 0) is 9.59 Å². The third-order valence-electron chi connectivity index (χ3n) is 7.13. The van der Waals surface area contributed by atoms with E-state index in [9.17, 15) is 18.4 Å². The molecule has 33 heavy (non-hydrogen) atoms. The second-order valence-corrected chi connectivity index (χ2v) is 9.30. The van der Waals surface area contributed by atoms with Gasteiger partial charge in [0.25, 0.3) is 0 Å². The number of amides is 2. The molecule has 0 radical (unpaired) electrons. The zero-order valence-corrected chi connectivity index (χ0v) is 18.2. The molecule has 0 aromatic carbocycles. The molecule has 2 aromatic heterocycles. The van der Waals surface area contributed by atoms with Crippen LogP contribution in [0.2, 0.25) is 0 Å². The molecule has 3 aliphatic rings. The number of pyridine rings is 1. The van der Waals surface area contributed by atoms with Crippen molar-refractivity contribution in [3.8, 4) is 5.88 Å². The van der Waals surface area contributed by atoms with Crippen LogP contribution in [0.3, 0.4) is 0 Å². The van der Waals surface area contributed by atoms with Gasteiger partial charge in [0.05, 0.1) is 35.1 Å². The number of alkyl halides is 2.